The number of unbranched alkanes of at least 4 members (excludes halogenated alkanes) is 2. The third kappa shape index (κ3) is 6.32. The molecule has 0 bridgehead atoms. The van der Waals surface area contributed by atoms with Crippen molar-refractivity contribution in [2.45, 2.75) is 38.7 Å². The highest BCUT2D eigenvalue weighted by molar-refractivity contribution is 5.71. The van der Waals surface area contributed by atoms with E-state index in [1.807, 2.05) is 24.3 Å². The number of carbonyl (C=O) groups is 1. The fourth-order valence-electron chi connectivity index (χ4n) is 2.93. The average Bonchev–Trinajstić information content (AvgIpc) is 2.67. The Morgan fingerprint density at radius 3 is 2.58 bits per heavy atom. The van der Waals surface area contributed by atoms with E-state index in [0.29, 0.717) is 6.61 Å². The Labute approximate surface area is 156 Å². The van der Waals surface area contributed by atoms with Gasteiger partial charge in [-0.15, -0.1) is 0 Å². The molecule has 1 aliphatic carbocycles. The van der Waals surface area contributed by atoms with Crippen LogP contribution in [0.1, 0.15) is 44.3 Å². The Hall–Kier alpha value is -2.11. The standard InChI is InChI=1S/C21H30N2O3/c1-16-5-7-17(8-6-16)21(26-20(24)15-23)18-9-11-19(12-10-18)25-14-4-2-3-13-22/h5-7,9-12,17,21H,2-4,8,13-15,22-23H2,1H3. The Balaban J connectivity index is 2.00. The van der Waals surface area contributed by atoms with Gasteiger partial charge in [0.1, 0.15) is 11.9 Å². The van der Waals surface area contributed by atoms with Crippen LogP contribution in [0.5, 0.6) is 5.75 Å². The second-order valence-corrected chi connectivity index (χ2v) is 6.59. The zero-order chi connectivity index (χ0) is 18.8. The van der Waals surface area contributed by atoms with E-state index in [1.165, 1.54) is 5.57 Å². The summed E-state index contributed by atoms with van der Waals surface area (Å²) < 4.78 is 11.4. The number of benzene rings is 1. The SMILES string of the molecule is CC1=CCC(C(OC(=O)CN)c2ccc(OCCCCCN)cc2)C=C1. The zero-order valence-corrected chi connectivity index (χ0v) is 15.5. The normalized spacial score (nSPS) is 17.5. The average molecular weight is 358 g/mol. The van der Waals surface area contributed by atoms with Crippen LogP contribution in [0, 0.1) is 5.92 Å². The maximum absolute atomic E-state index is 11.8. The van der Waals surface area contributed by atoms with Crippen molar-refractivity contribution in [2.75, 3.05) is 19.7 Å². The predicted octanol–water partition coefficient (Wildman–Crippen LogP) is 3.26. The number of hydrogen-bond donors (Lipinski definition) is 2. The first-order valence-corrected chi connectivity index (χ1v) is 9.31. The lowest BCUT2D eigenvalue weighted by Crippen LogP contribution is -2.24. The summed E-state index contributed by atoms with van der Waals surface area (Å²) in [4.78, 5) is 11.8. The largest absolute Gasteiger partial charge is 0.494 e. The fourth-order valence-corrected chi connectivity index (χ4v) is 2.93. The molecule has 0 heterocycles. The number of hydrogen-bond acceptors (Lipinski definition) is 5. The monoisotopic (exact) mass is 358 g/mol. The Kier molecular flexibility index (Phi) is 8.38. The molecule has 0 fully saturated rings. The molecule has 2 rings (SSSR count). The molecule has 0 saturated carbocycles. The minimum atomic E-state index is -0.394. The van der Waals surface area contributed by atoms with Gasteiger partial charge in [-0.05, 0) is 56.8 Å². The van der Waals surface area contributed by atoms with Crippen LogP contribution in [-0.4, -0.2) is 25.7 Å². The van der Waals surface area contributed by atoms with Gasteiger partial charge in [-0.2, -0.15) is 0 Å². The summed E-state index contributed by atoms with van der Waals surface area (Å²) in [6, 6.07) is 7.77. The van der Waals surface area contributed by atoms with Gasteiger partial charge < -0.3 is 20.9 Å². The molecular formula is C21H30N2O3. The minimum absolute atomic E-state index is 0.109. The van der Waals surface area contributed by atoms with Gasteiger partial charge in [-0.1, -0.05) is 35.9 Å². The summed E-state index contributed by atoms with van der Waals surface area (Å²) in [5, 5.41) is 0. The molecule has 142 valence electrons. The molecule has 5 heteroatoms. The van der Waals surface area contributed by atoms with Crippen LogP contribution in [0.25, 0.3) is 0 Å². The molecule has 0 amide bonds. The zero-order valence-electron chi connectivity index (χ0n) is 15.5. The van der Waals surface area contributed by atoms with Crippen LogP contribution in [-0.2, 0) is 9.53 Å². The quantitative estimate of drug-likeness (QED) is 0.495. The number of rotatable bonds is 10. The van der Waals surface area contributed by atoms with E-state index in [-0.39, 0.29) is 18.6 Å². The van der Waals surface area contributed by atoms with Crippen molar-refractivity contribution in [3.05, 3.63) is 53.6 Å². The highest BCUT2D eigenvalue weighted by Gasteiger charge is 2.25. The van der Waals surface area contributed by atoms with Crippen molar-refractivity contribution in [3.8, 4) is 5.75 Å². The second kappa shape index (κ2) is 10.8. The van der Waals surface area contributed by atoms with Crippen LogP contribution in [0.15, 0.2) is 48.1 Å². The molecule has 0 spiro atoms. The number of allylic oxidation sites excluding steroid dienone is 3. The van der Waals surface area contributed by atoms with Crippen molar-refractivity contribution in [3.63, 3.8) is 0 Å². The molecule has 1 aromatic carbocycles. The van der Waals surface area contributed by atoms with Crippen LogP contribution >= 0.6 is 0 Å². The van der Waals surface area contributed by atoms with E-state index >= 15 is 0 Å². The number of nitrogens with two attached hydrogens (primary N) is 2. The highest BCUT2D eigenvalue weighted by Crippen LogP contribution is 2.33. The molecule has 2 unspecified atom stereocenters. The molecule has 0 radical (unpaired) electrons. The first-order chi connectivity index (χ1) is 12.6. The Morgan fingerprint density at radius 2 is 1.96 bits per heavy atom. The van der Waals surface area contributed by atoms with Gasteiger partial charge in [0, 0.05) is 5.92 Å². The van der Waals surface area contributed by atoms with Gasteiger partial charge >= 0.3 is 5.97 Å². The van der Waals surface area contributed by atoms with Crippen molar-refractivity contribution >= 4 is 5.97 Å². The summed E-state index contributed by atoms with van der Waals surface area (Å²) in [6.07, 6.45) is 9.92. The van der Waals surface area contributed by atoms with Gasteiger partial charge in [0.2, 0.25) is 0 Å². The summed E-state index contributed by atoms with van der Waals surface area (Å²) in [6.45, 7) is 3.35. The minimum Gasteiger partial charge on any atom is -0.494 e. The third-order valence-electron chi connectivity index (χ3n) is 4.46. The summed E-state index contributed by atoms with van der Waals surface area (Å²) in [5.74, 6) is 0.535. The second-order valence-electron chi connectivity index (χ2n) is 6.59. The van der Waals surface area contributed by atoms with Crippen molar-refractivity contribution in [2.24, 2.45) is 17.4 Å². The molecule has 4 N–H and O–H groups in total. The lowest BCUT2D eigenvalue weighted by Gasteiger charge is -2.26. The van der Waals surface area contributed by atoms with E-state index in [9.17, 15) is 4.79 Å². The van der Waals surface area contributed by atoms with E-state index in [0.717, 1.165) is 43.5 Å². The maximum atomic E-state index is 11.8. The Morgan fingerprint density at radius 1 is 1.19 bits per heavy atom. The summed E-state index contributed by atoms with van der Waals surface area (Å²) in [7, 11) is 0. The van der Waals surface area contributed by atoms with Gasteiger partial charge in [0.05, 0.1) is 13.2 Å². The molecule has 2 atom stereocenters. The van der Waals surface area contributed by atoms with E-state index < -0.39 is 5.97 Å². The number of carbonyl (C=O) groups excluding carboxylic acids is 1. The first kappa shape index (κ1) is 20.2. The van der Waals surface area contributed by atoms with Crippen molar-refractivity contribution in [1.82, 2.24) is 0 Å². The third-order valence-corrected chi connectivity index (χ3v) is 4.46. The lowest BCUT2D eigenvalue weighted by molar-refractivity contribution is -0.149. The molecule has 0 aromatic heterocycles. The topological polar surface area (TPSA) is 87.6 Å². The van der Waals surface area contributed by atoms with Gasteiger partial charge in [0.25, 0.3) is 0 Å². The van der Waals surface area contributed by atoms with Gasteiger partial charge in [-0.25, -0.2) is 0 Å². The number of ether oxygens (including phenoxy) is 2. The molecule has 1 aliphatic rings. The Bertz CT molecular complexity index is 623. The predicted molar refractivity (Wildman–Crippen MR) is 104 cm³/mol. The van der Waals surface area contributed by atoms with Gasteiger partial charge in [-0.3, -0.25) is 4.79 Å². The summed E-state index contributed by atoms with van der Waals surface area (Å²) >= 11 is 0. The molecule has 1 aromatic rings. The van der Waals surface area contributed by atoms with Crippen LogP contribution < -0.4 is 16.2 Å². The molecule has 0 aliphatic heterocycles. The maximum Gasteiger partial charge on any atom is 0.320 e. The number of esters is 1. The van der Waals surface area contributed by atoms with E-state index in [4.69, 9.17) is 20.9 Å². The van der Waals surface area contributed by atoms with E-state index in [2.05, 4.69) is 25.2 Å². The van der Waals surface area contributed by atoms with Crippen molar-refractivity contribution in [1.29, 1.82) is 0 Å². The van der Waals surface area contributed by atoms with E-state index in [1.54, 1.807) is 0 Å². The summed E-state index contributed by atoms with van der Waals surface area (Å²) in [5.41, 5.74) is 13.1. The molecule has 5 nitrogen and oxygen atoms in total. The molecular weight excluding hydrogens is 328 g/mol. The van der Waals surface area contributed by atoms with Crippen LogP contribution in [0.3, 0.4) is 0 Å². The van der Waals surface area contributed by atoms with Crippen molar-refractivity contribution < 1.29 is 14.3 Å². The smallest absolute Gasteiger partial charge is 0.320 e. The highest BCUT2D eigenvalue weighted by atomic mass is 16.5. The fraction of sp³-hybridized carbons (Fsp3) is 0.476. The first-order valence-electron chi connectivity index (χ1n) is 9.31. The molecule has 26 heavy (non-hydrogen) atoms. The van der Waals surface area contributed by atoms with Gasteiger partial charge in [0.15, 0.2) is 0 Å². The van der Waals surface area contributed by atoms with Crippen LogP contribution in [0.4, 0.5) is 0 Å². The van der Waals surface area contributed by atoms with Crippen LogP contribution in [0.2, 0.25) is 0 Å². The lowest BCUT2D eigenvalue weighted by atomic mass is 9.88. The molecule has 0 saturated heterocycles.